The van der Waals surface area contributed by atoms with Gasteiger partial charge < -0.3 is 19.0 Å². The lowest BCUT2D eigenvalue weighted by molar-refractivity contribution is -0.384. The van der Waals surface area contributed by atoms with Crippen molar-refractivity contribution in [2.45, 2.75) is 0 Å². The summed E-state index contributed by atoms with van der Waals surface area (Å²) in [6.07, 6.45) is 3.36. The van der Waals surface area contributed by atoms with Gasteiger partial charge in [-0.25, -0.2) is 9.98 Å². The summed E-state index contributed by atoms with van der Waals surface area (Å²) < 4.78 is 18.9. The van der Waals surface area contributed by atoms with Crippen molar-refractivity contribution in [1.82, 2.24) is 9.38 Å². The van der Waals surface area contributed by atoms with Gasteiger partial charge in [0.2, 0.25) is 0 Å². The number of aromatic hydroxyl groups is 1. The predicted octanol–water partition coefficient (Wildman–Crippen LogP) is 6.41. The Morgan fingerprint density at radius 3 is 2.70 bits per heavy atom. The second-order valence-corrected chi connectivity index (χ2v) is 8.76. The molecule has 5 rings (SSSR count). The van der Waals surface area contributed by atoms with Gasteiger partial charge in [-0.3, -0.25) is 14.5 Å². The number of aromatic nitrogens is 2. The number of nitrogens with zero attached hydrogens (tertiary/aromatic N) is 4. The van der Waals surface area contributed by atoms with Crippen LogP contribution in [-0.2, 0) is 0 Å². The summed E-state index contributed by atoms with van der Waals surface area (Å²) in [7, 11) is 2.92. The molecule has 1 N–H and O–H groups in total. The zero-order valence-corrected chi connectivity index (χ0v) is 21.2. The van der Waals surface area contributed by atoms with Gasteiger partial charge in [-0.2, -0.15) is 0 Å². The Balaban J connectivity index is 1.57. The van der Waals surface area contributed by atoms with Gasteiger partial charge in [0.1, 0.15) is 28.6 Å². The molecule has 10 nitrogen and oxygen atoms in total. The van der Waals surface area contributed by atoms with E-state index in [9.17, 15) is 15.2 Å². The third-order valence-corrected chi connectivity index (χ3v) is 6.09. The fourth-order valence-corrected chi connectivity index (χ4v) is 4.17. The first-order valence-electron chi connectivity index (χ1n) is 10.9. The van der Waals surface area contributed by atoms with Crippen LogP contribution in [-0.4, -0.2) is 39.8 Å². The van der Waals surface area contributed by atoms with Crippen LogP contribution in [0.1, 0.15) is 5.76 Å². The normalized spacial score (nSPS) is 11.3. The largest absolute Gasteiger partial charge is 0.504 e. The number of nitro benzene ring substituents is 1. The van der Waals surface area contributed by atoms with Crippen LogP contribution >= 0.6 is 15.9 Å². The van der Waals surface area contributed by atoms with E-state index in [2.05, 4.69) is 20.9 Å². The van der Waals surface area contributed by atoms with E-state index in [-0.39, 0.29) is 11.4 Å². The number of ether oxygens (including phenoxy) is 2. The van der Waals surface area contributed by atoms with Gasteiger partial charge in [0.15, 0.2) is 17.3 Å². The zero-order valence-electron chi connectivity index (χ0n) is 19.6. The molecule has 3 aromatic heterocycles. The Labute approximate surface area is 218 Å². The minimum atomic E-state index is -0.484. The number of hydrogen-bond acceptors (Lipinski definition) is 8. The topological polar surface area (TPSA) is 125 Å². The van der Waals surface area contributed by atoms with E-state index in [1.54, 1.807) is 36.4 Å². The molecule has 0 fully saturated rings. The Kier molecular flexibility index (Phi) is 6.36. The molecule has 0 amide bonds. The lowest BCUT2D eigenvalue weighted by atomic mass is 10.1. The number of benzene rings is 2. The van der Waals surface area contributed by atoms with Gasteiger partial charge in [-0.15, -0.1) is 0 Å². The lowest BCUT2D eigenvalue weighted by Gasteiger charge is -2.06. The summed E-state index contributed by atoms with van der Waals surface area (Å²) in [5, 5.41) is 21.6. The van der Waals surface area contributed by atoms with Crippen LogP contribution in [0.4, 0.5) is 11.5 Å². The third kappa shape index (κ3) is 4.64. The molecule has 0 aliphatic rings. The number of aliphatic imine (C=N–C) groups is 1. The first-order valence-corrected chi connectivity index (χ1v) is 11.7. The molecule has 0 saturated heterocycles. The van der Waals surface area contributed by atoms with Crippen molar-refractivity contribution in [1.29, 1.82) is 0 Å². The van der Waals surface area contributed by atoms with Crippen LogP contribution < -0.4 is 9.47 Å². The highest BCUT2D eigenvalue weighted by atomic mass is 79.9. The standard InChI is InChI=1S/C26H19BrN4O6/c1-35-17-5-7-19(20(12-17)31(33)34)22-9-6-18(37-22)13-28-26-25(15-3-8-21(32)23(11-15)36-2)29-24-10-4-16(27)14-30(24)26/h3-14,32H,1-2H3. The monoisotopic (exact) mass is 562 g/mol. The number of fused-ring (bicyclic) bond motifs is 1. The summed E-state index contributed by atoms with van der Waals surface area (Å²) in [4.78, 5) is 20.5. The maximum atomic E-state index is 11.6. The van der Waals surface area contributed by atoms with Crippen LogP contribution in [0.3, 0.4) is 0 Å². The summed E-state index contributed by atoms with van der Waals surface area (Å²) in [6.45, 7) is 0. The van der Waals surface area contributed by atoms with Crippen molar-refractivity contribution in [3.05, 3.63) is 87.2 Å². The minimum absolute atomic E-state index is 0.0125. The summed E-state index contributed by atoms with van der Waals surface area (Å²) in [6, 6.07) is 16.5. The summed E-state index contributed by atoms with van der Waals surface area (Å²) >= 11 is 3.48. The Morgan fingerprint density at radius 2 is 1.95 bits per heavy atom. The van der Waals surface area contributed by atoms with Crippen LogP contribution in [0.25, 0.3) is 28.2 Å². The molecule has 0 unspecified atom stereocenters. The number of phenolic OH excluding ortho intramolecular Hbond substituents is 1. The highest BCUT2D eigenvalue weighted by Crippen LogP contribution is 2.37. The van der Waals surface area contributed by atoms with Crippen LogP contribution in [0.2, 0.25) is 0 Å². The fourth-order valence-electron chi connectivity index (χ4n) is 3.84. The second-order valence-electron chi connectivity index (χ2n) is 7.85. The average Bonchev–Trinajstić information content (AvgIpc) is 3.51. The van der Waals surface area contributed by atoms with Crippen molar-refractivity contribution in [3.8, 4) is 39.8 Å². The van der Waals surface area contributed by atoms with Gasteiger partial charge in [-0.1, -0.05) is 0 Å². The number of hydrogen-bond donors (Lipinski definition) is 1. The summed E-state index contributed by atoms with van der Waals surface area (Å²) in [5.74, 6) is 1.92. The molecule has 0 bridgehead atoms. The number of pyridine rings is 1. The van der Waals surface area contributed by atoms with Crippen LogP contribution in [0.15, 0.2) is 80.7 Å². The molecule has 0 atom stereocenters. The Bertz CT molecular complexity index is 1670. The van der Waals surface area contributed by atoms with E-state index >= 15 is 0 Å². The highest BCUT2D eigenvalue weighted by molar-refractivity contribution is 9.10. The number of phenols is 1. The molecule has 0 aliphatic heterocycles. The first kappa shape index (κ1) is 24.1. The molecule has 11 heteroatoms. The highest BCUT2D eigenvalue weighted by Gasteiger charge is 2.20. The molecule has 5 aromatic rings. The molecule has 0 aliphatic carbocycles. The van der Waals surface area contributed by atoms with E-state index in [1.165, 1.54) is 32.6 Å². The first-order chi connectivity index (χ1) is 17.9. The molecule has 2 aromatic carbocycles. The number of imidazole rings is 1. The van der Waals surface area contributed by atoms with Gasteiger partial charge >= 0.3 is 0 Å². The van der Waals surface area contributed by atoms with Gasteiger partial charge in [0.05, 0.1) is 37.0 Å². The SMILES string of the molecule is COc1ccc(-c2ccc(C=Nc3c(-c4ccc(O)c(OC)c4)nc4ccc(Br)cn34)o2)c([N+](=O)[O-])c1. The van der Waals surface area contributed by atoms with E-state index in [0.29, 0.717) is 51.3 Å². The molecule has 0 saturated carbocycles. The second kappa shape index (κ2) is 9.78. The van der Waals surface area contributed by atoms with E-state index < -0.39 is 4.92 Å². The van der Waals surface area contributed by atoms with E-state index in [1.807, 2.05) is 22.7 Å². The number of nitro groups is 1. The van der Waals surface area contributed by atoms with E-state index in [4.69, 9.17) is 18.9 Å². The maximum absolute atomic E-state index is 11.6. The van der Waals surface area contributed by atoms with Crippen molar-refractivity contribution in [2.24, 2.45) is 4.99 Å². The molecule has 186 valence electrons. The number of halogens is 1. The lowest BCUT2D eigenvalue weighted by Crippen LogP contribution is -1.93. The Morgan fingerprint density at radius 1 is 1.11 bits per heavy atom. The number of rotatable bonds is 7. The quantitative estimate of drug-likeness (QED) is 0.138. The van der Waals surface area contributed by atoms with Crippen LogP contribution in [0, 0.1) is 10.1 Å². The van der Waals surface area contributed by atoms with Gasteiger partial charge in [0, 0.05) is 16.2 Å². The third-order valence-electron chi connectivity index (χ3n) is 5.62. The Hall–Kier alpha value is -4.64. The van der Waals surface area contributed by atoms with Crippen molar-refractivity contribution < 1.29 is 23.9 Å². The van der Waals surface area contributed by atoms with Crippen molar-refractivity contribution in [2.75, 3.05) is 14.2 Å². The van der Waals surface area contributed by atoms with Crippen LogP contribution in [0.5, 0.6) is 17.2 Å². The van der Waals surface area contributed by atoms with Crippen molar-refractivity contribution >= 4 is 39.3 Å². The molecule has 3 heterocycles. The predicted molar refractivity (Wildman–Crippen MR) is 141 cm³/mol. The van der Waals surface area contributed by atoms with Crippen molar-refractivity contribution in [3.63, 3.8) is 0 Å². The minimum Gasteiger partial charge on any atom is -0.504 e. The molecule has 0 radical (unpaired) electrons. The maximum Gasteiger partial charge on any atom is 0.284 e. The average molecular weight is 563 g/mol. The molecular weight excluding hydrogens is 544 g/mol. The van der Waals surface area contributed by atoms with Gasteiger partial charge in [-0.05, 0) is 70.5 Å². The fraction of sp³-hybridized carbons (Fsp3) is 0.0769. The van der Waals surface area contributed by atoms with E-state index in [0.717, 1.165) is 4.47 Å². The molecule has 37 heavy (non-hydrogen) atoms. The smallest absolute Gasteiger partial charge is 0.284 e. The molecule has 0 spiro atoms. The number of furan rings is 1. The molecular formula is C26H19BrN4O6. The number of methoxy groups -OCH3 is 2. The zero-order chi connectivity index (χ0) is 26.1. The summed E-state index contributed by atoms with van der Waals surface area (Å²) in [5.41, 5.74) is 2.10. The van der Waals surface area contributed by atoms with Gasteiger partial charge in [0.25, 0.3) is 5.69 Å².